The molecular formula is C22H22ClFN2. The fourth-order valence-corrected chi connectivity index (χ4v) is 4.10. The van der Waals surface area contributed by atoms with Crippen molar-refractivity contribution in [3.05, 3.63) is 70.1 Å². The Bertz CT molecular complexity index is 1010. The van der Waals surface area contributed by atoms with Gasteiger partial charge < -0.3 is 9.47 Å². The quantitative estimate of drug-likeness (QED) is 0.552. The molecule has 0 spiro atoms. The van der Waals surface area contributed by atoms with Gasteiger partial charge in [0.2, 0.25) is 0 Å². The average molecular weight is 369 g/mol. The minimum atomic E-state index is -0.208. The van der Waals surface area contributed by atoms with E-state index in [1.165, 1.54) is 40.0 Å². The van der Waals surface area contributed by atoms with Gasteiger partial charge in [-0.1, -0.05) is 23.7 Å². The molecule has 134 valence electrons. The maximum Gasteiger partial charge on any atom is 0.123 e. The summed E-state index contributed by atoms with van der Waals surface area (Å²) in [5.41, 5.74) is 7.28. The maximum absolute atomic E-state index is 13.3. The maximum atomic E-state index is 13.3. The summed E-state index contributed by atoms with van der Waals surface area (Å²) < 4.78 is 15.7. The van der Waals surface area contributed by atoms with Crippen LogP contribution in [0.3, 0.4) is 0 Å². The number of hydrogen-bond donors (Lipinski definition) is 0. The smallest absolute Gasteiger partial charge is 0.123 e. The number of likely N-dealkylation sites (N-methyl/N-ethyl adjacent to an activating group) is 1. The highest BCUT2D eigenvalue weighted by molar-refractivity contribution is 6.31. The lowest BCUT2D eigenvalue weighted by molar-refractivity contribution is 0.311. The van der Waals surface area contributed by atoms with Crippen molar-refractivity contribution in [3.8, 4) is 0 Å². The van der Waals surface area contributed by atoms with Gasteiger partial charge in [0, 0.05) is 41.3 Å². The third-order valence-corrected chi connectivity index (χ3v) is 5.69. The van der Waals surface area contributed by atoms with E-state index in [4.69, 9.17) is 11.6 Å². The van der Waals surface area contributed by atoms with E-state index in [2.05, 4.69) is 42.5 Å². The molecule has 0 aliphatic carbocycles. The number of rotatable bonds is 2. The zero-order valence-electron chi connectivity index (χ0n) is 15.3. The zero-order valence-corrected chi connectivity index (χ0v) is 16.1. The highest BCUT2D eigenvalue weighted by atomic mass is 35.5. The van der Waals surface area contributed by atoms with Crippen LogP contribution in [0, 0.1) is 5.82 Å². The molecule has 0 bridgehead atoms. The third-order valence-electron chi connectivity index (χ3n) is 5.46. The summed E-state index contributed by atoms with van der Waals surface area (Å²) >= 11 is 6.29. The SMILES string of the molecule is CC(=C(C)n1c2c(c3cc(Cl)ccc31)CN(C)CC2)c1ccc(F)cc1. The normalized spacial score (nSPS) is 15.9. The van der Waals surface area contributed by atoms with Crippen LogP contribution in [0.1, 0.15) is 30.7 Å². The van der Waals surface area contributed by atoms with Crippen LogP contribution in [0.15, 0.2) is 42.5 Å². The van der Waals surface area contributed by atoms with E-state index < -0.39 is 0 Å². The lowest BCUT2D eigenvalue weighted by Crippen LogP contribution is -2.27. The first-order chi connectivity index (χ1) is 12.5. The van der Waals surface area contributed by atoms with Crippen LogP contribution in [0.2, 0.25) is 5.02 Å². The molecule has 2 aromatic carbocycles. The van der Waals surface area contributed by atoms with Crippen LogP contribution >= 0.6 is 11.6 Å². The number of halogens is 2. The topological polar surface area (TPSA) is 8.17 Å². The molecule has 0 unspecified atom stereocenters. The highest BCUT2D eigenvalue weighted by Gasteiger charge is 2.23. The van der Waals surface area contributed by atoms with Crippen LogP contribution in [-0.2, 0) is 13.0 Å². The molecule has 1 aromatic heterocycles. The van der Waals surface area contributed by atoms with E-state index in [0.717, 1.165) is 35.7 Å². The molecule has 26 heavy (non-hydrogen) atoms. The summed E-state index contributed by atoms with van der Waals surface area (Å²) in [6.07, 6.45) is 1.01. The number of nitrogens with zero attached hydrogens (tertiary/aromatic N) is 2. The molecule has 0 amide bonds. The highest BCUT2D eigenvalue weighted by Crippen LogP contribution is 2.36. The zero-order chi connectivity index (χ0) is 18.4. The molecule has 2 nitrogen and oxygen atoms in total. The van der Waals surface area contributed by atoms with E-state index in [1.807, 2.05) is 18.2 Å². The Labute approximate surface area is 158 Å². The van der Waals surface area contributed by atoms with Crippen molar-refractivity contribution in [2.75, 3.05) is 13.6 Å². The third kappa shape index (κ3) is 2.85. The Hall–Kier alpha value is -2.10. The van der Waals surface area contributed by atoms with Crippen molar-refractivity contribution in [1.82, 2.24) is 9.47 Å². The van der Waals surface area contributed by atoms with Crippen LogP contribution in [0.4, 0.5) is 4.39 Å². The van der Waals surface area contributed by atoms with Gasteiger partial charge in [-0.25, -0.2) is 4.39 Å². The average Bonchev–Trinajstić information content (AvgIpc) is 2.94. The Morgan fingerprint density at radius 2 is 1.81 bits per heavy atom. The second-order valence-corrected chi connectivity index (χ2v) is 7.56. The number of aromatic nitrogens is 1. The van der Waals surface area contributed by atoms with Gasteiger partial charge in [0.1, 0.15) is 5.82 Å². The van der Waals surface area contributed by atoms with Gasteiger partial charge in [0.05, 0.1) is 5.52 Å². The molecule has 2 heterocycles. The summed E-state index contributed by atoms with van der Waals surface area (Å²) in [6.45, 7) is 6.22. The van der Waals surface area contributed by atoms with Gasteiger partial charge in [-0.2, -0.15) is 0 Å². The molecule has 1 aliphatic rings. The van der Waals surface area contributed by atoms with Crippen molar-refractivity contribution in [2.45, 2.75) is 26.8 Å². The fraction of sp³-hybridized carbons (Fsp3) is 0.273. The number of fused-ring (bicyclic) bond motifs is 3. The van der Waals surface area contributed by atoms with Gasteiger partial charge in [-0.3, -0.25) is 0 Å². The van der Waals surface area contributed by atoms with Crippen molar-refractivity contribution in [1.29, 1.82) is 0 Å². The number of hydrogen-bond acceptors (Lipinski definition) is 1. The van der Waals surface area contributed by atoms with Crippen molar-refractivity contribution < 1.29 is 4.39 Å². The van der Waals surface area contributed by atoms with Gasteiger partial charge in [0.25, 0.3) is 0 Å². The Kier molecular flexibility index (Phi) is 4.37. The van der Waals surface area contributed by atoms with Crippen LogP contribution in [0.25, 0.3) is 22.2 Å². The van der Waals surface area contributed by atoms with Crippen LogP contribution in [-0.4, -0.2) is 23.1 Å². The number of benzene rings is 2. The van der Waals surface area contributed by atoms with E-state index in [0.29, 0.717) is 0 Å². The minimum Gasteiger partial charge on any atom is -0.317 e. The Morgan fingerprint density at radius 1 is 1.08 bits per heavy atom. The Balaban J connectivity index is 1.96. The summed E-state index contributed by atoms with van der Waals surface area (Å²) in [7, 11) is 2.16. The van der Waals surface area contributed by atoms with Crippen LogP contribution in [0.5, 0.6) is 0 Å². The molecule has 4 heteroatoms. The van der Waals surface area contributed by atoms with Gasteiger partial charge >= 0.3 is 0 Å². The summed E-state index contributed by atoms with van der Waals surface area (Å²) in [6, 6.07) is 12.9. The molecule has 0 radical (unpaired) electrons. The second-order valence-electron chi connectivity index (χ2n) is 7.13. The first-order valence-electron chi connectivity index (χ1n) is 8.89. The summed E-state index contributed by atoms with van der Waals surface area (Å²) in [4.78, 5) is 2.35. The summed E-state index contributed by atoms with van der Waals surface area (Å²) in [5, 5.41) is 1.99. The van der Waals surface area contributed by atoms with E-state index in [9.17, 15) is 4.39 Å². The molecule has 0 fully saturated rings. The summed E-state index contributed by atoms with van der Waals surface area (Å²) in [5.74, 6) is -0.208. The molecule has 0 saturated heterocycles. The predicted octanol–water partition coefficient (Wildman–Crippen LogP) is 5.83. The van der Waals surface area contributed by atoms with E-state index in [1.54, 1.807) is 0 Å². The largest absolute Gasteiger partial charge is 0.317 e. The molecule has 3 aromatic rings. The second kappa shape index (κ2) is 6.57. The van der Waals surface area contributed by atoms with Gasteiger partial charge in [0.15, 0.2) is 0 Å². The lowest BCUT2D eigenvalue weighted by atomic mass is 10.0. The molecule has 0 atom stereocenters. The lowest BCUT2D eigenvalue weighted by Gasteiger charge is -2.25. The number of allylic oxidation sites excluding steroid dienone is 2. The van der Waals surface area contributed by atoms with Crippen LogP contribution < -0.4 is 0 Å². The molecule has 1 aliphatic heterocycles. The van der Waals surface area contributed by atoms with E-state index in [-0.39, 0.29) is 5.82 Å². The molecular weight excluding hydrogens is 347 g/mol. The minimum absolute atomic E-state index is 0.208. The van der Waals surface area contributed by atoms with Gasteiger partial charge in [-0.15, -0.1) is 0 Å². The molecule has 0 saturated carbocycles. The molecule has 4 rings (SSSR count). The van der Waals surface area contributed by atoms with Crippen molar-refractivity contribution >= 4 is 33.8 Å². The van der Waals surface area contributed by atoms with E-state index >= 15 is 0 Å². The predicted molar refractivity (Wildman–Crippen MR) is 108 cm³/mol. The first kappa shape index (κ1) is 17.3. The Morgan fingerprint density at radius 3 is 2.54 bits per heavy atom. The van der Waals surface area contributed by atoms with Gasteiger partial charge in [-0.05, 0) is 67.9 Å². The standard InChI is InChI=1S/C22H22ClFN2/c1-14(16-4-7-18(24)8-5-16)15(2)26-21-9-6-17(23)12-19(21)20-13-25(3)11-10-22(20)26/h4-9,12H,10-11,13H2,1-3H3. The van der Waals surface area contributed by atoms with Crippen molar-refractivity contribution in [2.24, 2.45) is 0 Å². The monoisotopic (exact) mass is 368 g/mol. The first-order valence-corrected chi connectivity index (χ1v) is 9.27. The molecule has 0 N–H and O–H groups in total. The fourth-order valence-electron chi connectivity index (χ4n) is 3.93. The van der Waals surface area contributed by atoms with Crippen molar-refractivity contribution in [3.63, 3.8) is 0 Å².